The van der Waals surface area contributed by atoms with Crippen molar-refractivity contribution in [1.29, 1.82) is 0 Å². The summed E-state index contributed by atoms with van der Waals surface area (Å²) in [6.45, 7) is 6.49. The van der Waals surface area contributed by atoms with Crippen LogP contribution in [0, 0.1) is 12.8 Å². The van der Waals surface area contributed by atoms with Crippen molar-refractivity contribution in [2.75, 3.05) is 18.4 Å². The number of rotatable bonds is 6. The molecule has 18 heavy (non-hydrogen) atoms. The Hall–Kier alpha value is -1.02. The molecule has 0 amide bonds. The Labute approximate surface area is 111 Å². The lowest BCUT2D eigenvalue weighted by molar-refractivity contribution is 0.627. The van der Waals surface area contributed by atoms with Crippen molar-refractivity contribution in [3.63, 3.8) is 0 Å². The van der Waals surface area contributed by atoms with Crippen molar-refractivity contribution in [1.82, 2.24) is 0 Å². The summed E-state index contributed by atoms with van der Waals surface area (Å²) < 4.78 is 0. The molecule has 0 saturated heterocycles. The Bertz CT molecular complexity index is 398. The molecule has 1 atom stereocenters. The second-order valence-electron chi connectivity index (χ2n) is 5.67. The van der Waals surface area contributed by atoms with Crippen molar-refractivity contribution < 1.29 is 0 Å². The Balaban J connectivity index is 1.92. The minimum atomic E-state index is 0.815. The van der Waals surface area contributed by atoms with Gasteiger partial charge in [-0.25, -0.2) is 0 Å². The van der Waals surface area contributed by atoms with Gasteiger partial charge in [0, 0.05) is 12.2 Å². The summed E-state index contributed by atoms with van der Waals surface area (Å²) in [5.41, 5.74) is 11.5. The van der Waals surface area contributed by atoms with Gasteiger partial charge in [0.25, 0.3) is 0 Å². The van der Waals surface area contributed by atoms with Crippen LogP contribution < -0.4 is 11.1 Å². The van der Waals surface area contributed by atoms with Crippen molar-refractivity contribution in [3.05, 3.63) is 28.8 Å². The van der Waals surface area contributed by atoms with E-state index in [-0.39, 0.29) is 0 Å². The van der Waals surface area contributed by atoms with Gasteiger partial charge >= 0.3 is 0 Å². The predicted molar refractivity (Wildman–Crippen MR) is 79.1 cm³/mol. The summed E-state index contributed by atoms with van der Waals surface area (Å²) >= 11 is 0. The quantitative estimate of drug-likeness (QED) is 0.756. The van der Waals surface area contributed by atoms with Gasteiger partial charge in [0.05, 0.1) is 0 Å². The first-order chi connectivity index (χ1) is 8.72. The third-order valence-electron chi connectivity index (χ3n) is 4.01. The van der Waals surface area contributed by atoms with E-state index in [1.54, 1.807) is 11.1 Å². The van der Waals surface area contributed by atoms with Gasteiger partial charge in [0.2, 0.25) is 0 Å². The van der Waals surface area contributed by atoms with Gasteiger partial charge in [0.15, 0.2) is 0 Å². The molecule has 2 nitrogen and oxygen atoms in total. The molecule has 3 N–H and O–H groups in total. The number of fused-ring (bicyclic) bond motifs is 1. The minimum Gasteiger partial charge on any atom is -0.385 e. The van der Waals surface area contributed by atoms with Crippen molar-refractivity contribution >= 4 is 5.69 Å². The molecular formula is C16H26N2. The molecule has 2 heteroatoms. The normalized spacial score (nSPS) is 17.8. The van der Waals surface area contributed by atoms with Gasteiger partial charge in [-0.15, -0.1) is 0 Å². The molecule has 0 saturated carbocycles. The summed E-state index contributed by atoms with van der Waals surface area (Å²) in [6.07, 6.45) is 6.09. The monoisotopic (exact) mass is 246 g/mol. The molecule has 0 aliphatic heterocycles. The third kappa shape index (κ3) is 3.05. The van der Waals surface area contributed by atoms with E-state index in [0.29, 0.717) is 0 Å². The molecule has 2 rings (SSSR count). The largest absolute Gasteiger partial charge is 0.385 e. The average molecular weight is 246 g/mol. The lowest BCUT2D eigenvalue weighted by Gasteiger charge is -2.13. The maximum atomic E-state index is 5.50. The zero-order valence-corrected chi connectivity index (χ0v) is 11.8. The van der Waals surface area contributed by atoms with Gasteiger partial charge in [-0.2, -0.15) is 0 Å². The van der Waals surface area contributed by atoms with Gasteiger partial charge in [-0.1, -0.05) is 19.4 Å². The Morgan fingerprint density at radius 2 is 2.06 bits per heavy atom. The van der Waals surface area contributed by atoms with E-state index in [2.05, 4.69) is 31.3 Å². The molecule has 1 unspecified atom stereocenters. The first-order valence-corrected chi connectivity index (χ1v) is 7.27. The van der Waals surface area contributed by atoms with E-state index in [9.17, 15) is 0 Å². The van der Waals surface area contributed by atoms with E-state index in [1.807, 2.05) is 0 Å². The Kier molecular flexibility index (Phi) is 4.65. The number of nitrogens with two attached hydrogens (primary N) is 1. The molecule has 1 aliphatic carbocycles. The fourth-order valence-corrected chi connectivity index (χ4v) is 2.95. The van der Waals surface area contributed by atoms with E-state index in [0.717, 1.165) is 25.4 Å². The maximum absolute atomic E-state index is 5.50. The second kappa shape index (κ2) is 6.24. The molecule has 1 aromatic carbocycles. The molecule has 0 radical (unpaired) electrons. The highest BCUT2D eigenvalue weighted by atomic mass is 14.9. The van der Waals surface area contributed by atoms with Crippen LogP contribution in [-0.4, -0.2) is 13.1 Å². The summed E-state index contributed by atoms with van der Waals surface area (Å²) in [4.78, 5) is 0. The van der Waals surface area contributed by atoms with Crippen LogP contribution in [0.15, 0.2) is 12.1 Å². The third-order valence-corrected chi connectivity index (χ3v) is 4.01. The summed E-state index contributed by atoms with van der Waals surface area (Å²) in [5, 5.41) is 3.58. The van der Waals surface area contributed by atoms with E-state index < -0.39 is 0 Å². The molecule has 0 heterocycles. The fraction of sp³-hybridized carbons (Fsp3) is 0.625. The number of unbranched alkanes of at least 4 members (excludes halogenated alkanes) is 2. The minimum absolute atomic E-state index is 0.815. The summed E-state index contributed by atoms with van der Waals surface area (Å²) in [6, 6.07) is 4.57. The highest BCUT2D eigenvalue weighted by Gasteiger charge is 2.20. The molecular weight excluding hydrogens is 220 g/mol. The zero-order valence-electron chi connectivity index (χ0n) is 11.8. The molecule has 0 fully saturated rings. The number of hydrogen-bond donors (Lipinski definition) is 2. The van der Waals surface area contributed by atoms with Crippen molar-refractivity contribution in [2.45, 2.75) is 46.0 Å². The molecule has 0 aromatic heterocycles. The lowest BCUT2D eigenvalue weighted by Crippen LogP contribution is -2.06. The first-order valence-electron chi connectivity index (χ1n) is 7.27. The molecule has 0 bridgehead atoms. The van der Waals surface area contributed by atoms with Crippen molar-refractivity contribution in [3.8, 4) is 0 Å². The molecule has 0 spiro atoms. The van der Waals surface area contributed by atoms with Crippen LogP contribution in [0.3, 0.4) is 0 Å². The van der Waals surface area contributed by atoms with Crippen LogP contribution in [0.25, 0.3) is 0 Å². The second-order valence-corrected chi connectivity index (χ2v) is 5.67. The van der Waals surface area contributed by atoms with Crippen LogP contribution in [0.1, 0.15) is 42.9 Å². The molecule has 1 aliphatic rings. The highest BCUT2D eigenvalue weighted by Crippen LogP contribution is 2.32. The van der Waals surface area contributed by atoms with Gasteiger partial charge in [0.1, 0.15) is 0 Å². The van der Waals surface area contributed by atoms with Gasteiger partial charge < -0.3 is 11.1 Å². The Morgan fingerprint density at radius 1 is 1.22 bits per heavy atom. The number of hydrogen-bond acceptors (Lipinski definition) is 2. The topological polar surface area (TPSA) is 38.0 Å². The van der Waals surface area contributed by atoms with Crippen LogP contribution in [0.5, 0.6) is 0 Å². The standard InChI is InChI=1S/C16H26N2/c1-12-10-14-6-7-16(13(2)15(14)11-12)18-9-5-3-4-8-17/h6-7,12,18H,3-5,8-11,17H2,1-2H3. The van der Waals surface area contributed by atoms with E-state index >= 15 is 0 Å². The SMILES string of the molecule is Cc1c(NCCCCCN)ccc2c1CC(C)C2. The molecule has 1 aromatic rings. The maximum Gasteiger partial charge on any atom is 0.0372 e. The highest BCUT2D eigenvalue weighted by molar-refractivity contribution is 5.57. The average Bonchev–Trinajstić information content (AvgIpc) is 2.73. The fourth-order valence-electron chi connectivity index (χ4n) is 2.95. The van der Waals surface area contributed by atoms with Gasteiger partial charge in [-0.3, -0.25) is 0 Å². The number of anilines is 1. The van der Waals surface area contributed by atoms with E-state index in [4.69, 9.17) is 5.73 Å². The van der Waals surface area contributed by atoms with Gasteiger partial charge in [-0.05, 0) is 67.8 Å². The first kappa shape index (κ1) is 13.4. The summed E-state index contributed by atoms with van der Waals surface area (Å²) in [7, 11) is 0. The van der Waals surface area contributed by atoms with Crippen molar-refractivity contribution in [2.24, 2.45) is 11.7 Å². The number of nitrogens with one attached hydrogen (secondary N) is 1. The molecule has 100 valence electrons. The van der Waals surface area contributed by atoms with E-state index in [1.165, 1.54) is 36.9 Å². The van der Waals surface area contributed by atoms with Crippen LogP contribution in [0.2, 0.25) is 0 Å². The Morgan fingerprint density at radius 3 is 2.83 bits per heavy atom. The predicted octanol–water partition coefficient (Wildman–Crippen LogP) is 3.27. The number of benzene rings is 1. The van der Waals surface area contributed by atoms with Crippen LogP contribution >= 0.6 is 0 Å². The lowest BCUT2D eigenvalue weighted by atomic mass is 10.0. The van der Waals surface area contributed by atoms with Crippen LogP contribution in [0.4, 0.5) is 5.69 Å². The summed E-state index contributed by atoms with van der Waals surface area (Å²) in [5.74, 6) is 0.818. The zero-order chi connectivity index (χ0) is 13.0. The smallest absolute Gasteiger partial charge is 0.0372 e. The van der Waals surface area contributed by atoms with Crippen LogP contribution in [-0.2, 0) is 12.8 Å².